The van der Waals surface area contributed by atoms with E-state index in [-0.39, 0.29) is 0 Å². The molecule has 0 saturated carbocycles. The fourth-order valence-corrected chi connectivity index (χ4v) is 10.1. The molecule has 0 aliphatic rings. The van der Waals surface area contributed by atoms with Crippen molar-refractivity contribution in [1.29, 1.82) is 0 Å². The van der Waals surface area contributed by atoms with Crippen LogP contribution in [-0.4, -0.2) is 92.2 Å². The molecule has 0 heterocycles. The Balaban J connectivity index is 4.34. The van der Waals surface area contributed by atoms with E-state index in [1.54, 1.807) is 0 Å². The fraction of sp³-hybridized carbons (Fsp3) is 0.920. The number of thiocarbonyl (C=S) groups is 1. The number of amides is 1. The van der Waals surface area contributed by atoms with Gasteiger partial charge in [-0.05, 0) is 80.4 Å². The van der Waals surface area contributed by atoms with Crippen LogP contribution in [-0.2, 0) is 36.0 Å². The first-order chi connectivity index (χ1) is 18.6. The topological polar surface area (TPSA) is 103 Å². The minimum atomic E-state index is -2.72. The largest absolute Gasteiger partial charge is 0.500 e. The molecule has 14 heteroatoms. The quantitative estimate of drug-likeness (QED) is 0.0795. The number of hydrogen-bond donors (Lipinski definition) is 1. The van der Waals surface area contributed by atoms with Gasteiger partial charge in [0.05, 0.1) is 6.61 Å². The molecule has 232 valence electrons. The highest BCUT2D eigenvalue weighted by Gasteiger charge is 2.40. The van der Waals surface area contributed by atoms with Crippen molar-refractivity contribution < 1.29 is 40.8 Å². The third kappa shape index (κ3) is 18.0. The van der Waals surface area contributed by atoms with Gasteiger partial charge in [-0.15, -0.1) is 0 Å². The molecule has 0 aliphatic heterocycles. The first kappa shape index (κ1) is 38.7. The molecule has 0 atom stereocenters. The molecule has 0 radical (unpaired) electrons. The number of carbonyl (C=O) groups excluding carboxylic acids is 1. The van der Waals surface area contributed by atoms with Crippen molar-refractivity contribution in [3.63, 3.8) is 0 Å². The zero-order valence-electron chi connectivity index (χ0n) is 25.4. The molecule has 0 saturated heterocycles. The van der Waals surface area contributed by atoms with Gasteiger partial charge in [0.15, 0.2) is 0 Å². The summed E-state index contributed by atoms with van der Waals surface area (Å²) in [5.41, 5.74) is -0.706. The summed E-state index contributed by atoms with van der Waals surface area (Å²) in [5.74, 6) is 0.781. The molecule has 10 nitrogen and oxygen atoms in total. The minimum absolute atomic E-state index is 0.354. The molecule has 0 aromatic heterocycles. The zero-order chi connectivity index (χ0) is 29.6. The molecular weight excluding hydrogens is 579 g/mol. The van der Waals surface area contributed by atoms with E-state index in [4.69, 9.17) is 48.2 Å². The van der Waals surface area contributed by atoms with E-state index in [2.05, 4.69) is 5.32 Å². The summed E-state index contributed by atoms with van der Waals surface area (Å²) in [4.78, 5) is 12.3. The molecule has 0 fully saturated rings. The Morgan fingerprint density at radius 1 is 0.769 bits per heavy atom. The standard InChI is InChI=1S/C25H53NO9S2Si2/c1-9-29-38(30-10-2,31-11-3)21-15-18-26-23(27)35-25(7,8)17-19-28-24(36)37-20-16-22-39(32-12-4,33-13-5)34-14-6/h9-22H2,1-8H3,(H,26,27). The van der Waals surface area contributed by atoms with Crippen molar-refractivity contribution in [2.45, 2.75) is 92.3 Å². The van der Waals surface area contributed by atoms with Crippen LogP contribution in [0.25, 0.3) is 0 Å². The van der Waals surface area contributed by atoms with Crippen LogP contribution in [0.2, 0.25) is 12.1 Å². The van der Waals surface area contributed by atoms with Crippen LogP contribution < -0.4 is 5.32 Å². The Kier molecular flexibility index (Phi) is 22.2. The first-order valence-corrected chi connectivity index (χ1v) is 19.4. The smallest absolute Gasteiger partial charge is 0.478 e. The SMILES string of the molecule is CCO[Si](CCCNC(=O)OC(C)(C)CCOC(=S)SCCC[Si](OCC)(OCC)OCC)(OCC)OCC. The second-order valence-corrected chi connectivity index (χ2v) is 16.1. The maximum absolute atomic E-state index is 12.3. The third-order valence-electron chi connectivity index (χ3n) is 5.25. The van der Waals surface area contributed by atoms with Crippen LogP contribution in [0.4, 0.5) is 4.79 Å². The third-order valence-corrected chi connectivity index (χ3v) is 12.9. The lowest BCUT2D eigenvalue weighted by Gasteiger charge is -2.28. The van der Waals surface area contributed by atoms with Gasteiger partial charge in [-0.2, -0.15) is 0 Å². The van der Waals surface area contributed by atoms with Crippen LogP contribution in [0.15, 0.2) is 0 Å². The van der Waals surface area contributed by atoms with E-state index in [9.17, 15) is 4.79 Å². The van der Waals surface area contributed by atoms with Crippen LogP contribution in [0.5, 0.6) is 0 Å². The maximum Gasteiger partial charge on any atom is 0.500 e. The molecular formula is C25H53NO9S2Si2. The number of rotatable bonds is 24. The monoisotopic (exact) mass is 631 g/mol. The van der Waals surface area contributed by atoms with E-state index in [1.807, 2.05) is 55.4 Å². The van der Waals surface area contributed by atoms with Gasteiger partial charge in [0.1, 0.15) is 5.60 Å². The van der Waals surface area contributed by atoms with Gasteiger partial charge in [0.2, 0.25) is 4.38 Å². The highest BCUT2D eigenvalue weighted by Crippen LogP contribution is 2.22. The number of alkyl carbamates (subject to hydrolysis) is 1. The Bertz CT molecular complexity index is 629. The van der Waals surface area contributed by atoms with Crippen molar-refractivity contribution >= 4 is 52.1 Å². The molecule has 1 amide bonds. The first-order valence-electron chi connectivity index (χ1n) is 14.2. The molecule has 0 bridgehead atoms. The van der Waals surface area contributed by atoms with E-state index in [0.29, 0.717) is 76.1 Å². The van der Waals surface area contributed by atoms with Gasteiger partial charge in [-0.1, -0.05) is 11.8 Å². The molecule has 1 N–H and O–H groups in total. The second-order valence-electron chi connectivity index (χ2n) is 8.94. The molecule has 39 heavy (non-hydrogen) atoms. The summed E-state index contributed by atoms with van der Waals surface area (Å²) < 4.78 is 47.0. The van der Waals surface area contributed by atoms with Crippen molar-refractivity contribution in [3.8, 4) is 0 Å². The lowest BCUT2D eigenvalue weighted by molar-refractivity contribution is 0.0228. The number of thioether (sulfide) groups is 1. The highest BCUT2D eigenvalue weighted by molar-refractivity contribution is 8.22. The molecule has 0 spiro atoms. The van der Waals surface area contributed by atoms with Gasteiger partial charge in [-0.3, -0.25) is 0 Å². The summed E-state index contributed by atoms with van der Waals surface area (Å²) in [6.45, 7) is 19.4. The van der Waals surface area contributed by atoms with Crippen LogP contribution in [0, 0.1) is 0 Å². The Labute approximate surface area is 248 Å². The van der Waals surface area contributed by atoms with Crippen LogP contribution in [0.3, 0.4) is 0 Å². The van der Waals surface area contributed by atoms with E-state index in [0.717, 1.165) is 18.2 Å². The number of hydrogen-bond acceptors (Lipinski definition) is 11. The molecule has 0 aromatic rings. The molecule has 0 aliphatic carbocycles. The normalized spacial score (nSPS) is 12.4. The van der Waals surface area contributed by atoms with Gasteiger partial charge in [-0.25, -0.2) is 4.79 Å². The van der Waals surface area contributed by atoms with Gasteiger partial charge in [0.25, 0.3) is 0 Å². The second kappa shape index (κ2) is 22.3. The molecule has 0 unspecified atom stereocenters. The predicted octanol–water partition coefficient (Wildman–Crippen LogP) is 5.79. The number of carbonyl (C=O) groups is 1. The Morgan fingerprint density at radius 3 is 1.64 bits per heavy atom. The van der Waals surface area contributed by atoms with Crippen LogP contribution in [0.1, 0.15) is 74.7 Å². The van der Waals surface area contributed by atoms with E-state index in [1.165, 1.54) is 11.8 Å². The summed E-state index contributed by atoms with van der Waals surface area (Å²) in [6, 6.07) is 1.36. The van der Waals surface area contributed by atoms with Crippen molar-refractivity contribution in [1.82, 2.24) is 5.32 Å². The zero-order valence-corrected chi connectivity index (χ0v) is 29.0. The average Bonchev–Trinajstić information content (AvgIpc) is 2.85. The van der Waals surface area contributed by atoms with Gasteiger partial charge >= 0.3 is 23.7 Å². The van der Waals surface area contributed by atoms with Crippen molar-refractivity contribution in [3.05, 3.63) is 0 Å². The Morgan fingerprint density at radius 2 is 1.21 bits per heavy atom. The summed E-state index contributed by atoms with van der Waals surface area (Å²) in [5, 5.41) is 2.81. The van der Waals surface area contributed by atoms with Crippen molar-refractivity contribution in [2.75, 3.05) is 58.5 Å². The summed E-state index contributed by atoms with van der Waals surface area (Å²) in [6.07, 6.45) is 1.54. The molecule has 0 rings (SSSR count). The van der Waals surface area contributed by atoms with Gasteiger partial charge in [0, 0.05) is 70.4 Å². The molecule has 0 aromatic carbocycles. The number of nitrogens with one attached hydrogen (secondary N) is 1. The number of ether oxygens (including phenoxy) is 2. The van der Waals surface area contributed by atoms with Crippen LogP contribution >= 0.6 is 24.0 Å². The van der Waals surface area contributed by atoms with E-state index < -0.39 is 29.3 Å². The summed E-state index contributed by atoms with van der Waals surface area (Å²) >= 11 is 6.84. The fourth-order valence-electron chi connectivity index (χ4n) is 3.70. The Hall–Kier alpha value is -0.296. The minimum Gasteiger partial charge on any atom is -0.478 e. The lowest BCUT2D eigenvalue weighted by Crippen LogP contribution is -2.46. The predicted molar refractivity (Wildman–Crippen MR) is 164 cm³/mol. The van der Waals surface area contributed by atoms with Gasteiger partial charge < -0.3 is 41.3 Å². The average molecular weight is 632 g/mol. The lowest BCUT2D eigenvalue weighted by atomic mass is 10.1. The summed E-state index contributed by atoms with van der Waals surface area (Å²) in [7, 11) is -5.35. The van der Waals surface area contributed by atoms with E-state index >= 15 is 0 Å². The maximum atomic E-state index is 12.3. The van der Waals surface area contributed by atoms with Crippen molar-refractivity contribution in [2.24, 2.45) is 0 Å². The highest BCUT2D eigenvalue weighted by atomic mass is 32.2.